The fraction of sp³-hybridized carbons (Fsp3) is 0.500. The summed E-state index contributed by atoms with van der Waals surface area (Å²) >= 11 is 1.19. The summed E-state index contributed by atoms with van der Waals surface area (Å²) in [6.07, 6.45) is 6.96. The minimum atomic E-state index is -0.417. The van der Waals surface area contributed by atoms with Crippen molar-refractivity contribution in [3.8, 4) is 0 Å². The summed E-state index contributed by atoms with van der Waals surface area (Å²) in [6.45, 7) is 7.41. The van der Waals surface area contributed by atoms with Gasteiger partial charge in [-0.15, -0.1) is 0 Å². The van der Waals surface area contributed by atoms with E-state index in [-0.39, 0.29) is 5.12 Å². The van der Waals surface area contributed by atoms with E-state index in [2.05, 4.69) is 0 Å². The molecule has 0 aromatic rings. The first-order valence-corrected chi connectivity index (χ1v) is 5.67. The van der Waals surface area contributed by atoms with Gasteiger partial charge >= 0.3 is 0 Å². The van der Waals surface area contributed by atoms with Crippen molar-refractivity contribution in [2.75, 3.05) is 0 Å². The number of thioether (sulfide) groups is 1. The molecule has 0 aliphatic rings. The third-order valence-electron chi connectivity index (χ3n) is 1.74. The van der Waals surface area contributed by atoms with Crippen LogP contribution < -0.4 is 0 Å². The summed E-state index contributed by atoms with van der Waals surface area (Å²) < 4.78 is -0.417. The van der Waals surface area contributed by atoms with Crippen molar-refractivity contribution in [2.24, 2.45) is 0 Å². The monoisotopic (exact) mass is 226 g/mol. The molecule has 0 N–H and O–H groups in total. The average Bonchev–Trinajstić information content (AvgIpc) is 2.01. The van der Waals surface area contributed by atoms with E-state index >= 15 is 0 Å². The fourth-order valence-electron chi connectivity index (χ4n) is 1.08. The van der Waals surface area contributed by atoms with Crippen molar-refractivity contribution in [1.82, 2.24) is 0 Å². The van der Waals surface area contributed by atoms with Gasteiger partial charge in [-0.1, -0.05) is 35.6 Å². The first-order valence-electron chi connectivity index (χ1n) is 4.85. The standard InChI is InChI=1S/C12H18O2S/c1-10(2)6-5-7-12(4,8-9-13)15-11(3)14/h5-7,9H,8H2,1-4H3. The Bertz CT molecular complexity index is 288. The van der Waals surface area contributed by atoms with Crippen LogP contribution in [0.3, 0.4) is 0 Å². The molecule has 0 amide bonds. The molecule has 0 aromatic heterocycles. The highest BCUT2D eigenvalue weighted by Gasteiger charge is 2.22. The van der Waals surface area contributed by atoms with Crippen LogP contribution in [-0.4, -0.2) is 16.1 Å². The summed E-state index contributed by atoms with van der Waals surface area (Å²) in [6, 6.07) is 0. The van der Waals surface area contributed by atoms with E-state index in [1.54, 1.807) is 0 Å². The Kier molecular flexibility index (Phi) is 6.25. The smallest absolute Gasteiger partial charge is 0.186 e. The van der Waals surface area contributed by atoms with Crippen molar-refractivity contribution >= 4 is 23.2 Å². The van der Waals surface area contributed by atoms with Gasteiger partial charge in [0, 0.05) is 18.1 Å². The van der Waals surface area contributed by atoms with Gasteiger partial charge in [0.05, 0.1) is 0 Å². The maximum atomic E-state index is 11.0. The van der Waals surface area contributed by atoms with E-state index in [1.807, 2.05) is 39.0 Å². The highest BCUT2D eigenvalue weighted by atomic mass is 32.2. The van der Waals surface area contributed by atoms with Crippen LogP contribution in [-0.2, 0) is 9.59 Å². The van der Waals surface area contributed by atoms with Gasteiger partial charge in [0.25, 0.3) is 0 Å². The van der Waals surface area contributed by atoms with E-state index in [9.17, 15) is 9.59 Å². The second kappa shape index (κ2) is 6.62. The van der Waals surface area contributed by atoms with Gasteiger partial charge in [0.2, 0.25) is 0 Å². The molecule has 2 nitrogen and oxygen atoms in total. The maximum Gasteiger partial charge on any atom is 0.186 e. The van der Waals surface area contributed by atoms with Crippen LogP contribution in [0, 0.1) is 0 Å². The molecule has 3 heteroatoms. The zero-order chi connectivity index (χ0) is 11.9. The van der Waals surface area contributed by atoms with E-state index in [0.29, 0.717) is 6.42 Å². The van der Waals surface area contributed by atoms with Crippen molar-refractivity contribution < 1.29 is 9.59 Å². The number of carbonyl (C=O) groups is 2. The summed E-state index contributed by atoms with van der Waals surface area (Å²) in [5, 5.41) is 0.0289. The normalized spacial score (nSPS) is 14.7. The zero-order valence-electron chi connectivity index (χ0n) is 9.74. The summed E-state index contributed by atoms with van der Waals surface area (Å²) in [5.74, 6) is 0. The molecule has 1 unspecified atom stereocenters. The van der Waals surface area contributed by atoms with Crippen molar-refractivity contribution in [3.63, 3.8) is 0 Å². The van der Waals surface area contributed by atoms with Crippen molar-refractivity contribution in [1.29, 1.82) is 0 Å². The molecule has 0 heterocycles. The molecule has 0 saturated heterocycles. The van der Waals surface area contributed by atoms with E-state index in [4.69, 9.17) is 0 Å². The molecule has 1 atom stereocenters. The predicted molar refractivity (Wildman–Crippen MR) is 65.9 cm³/mol. The van der Waals surface area contributed by atoms with Gasteiger partial charge in [-0.25, -0.2) is 0 Å². The molecule has 0 aliphatic carbocycles. The lowest BCUT2D eigenvalue weighted by Crippen LogP contribution is -2.19. The molecule has 0 aromatic carbocycles. The Morgan fingerprint density at radius 1 is 1.33 bits per heavy atom. The van der Waals surface area contributed by atoms with Crippen LogP contribution in [0.15, 0.2) is 23.8 Å². The molecule has 0 rings (SSSR count). The molecular formula is C12H18O2S. The molecule has 0 saturated carbocycles. The third-order valence-corrected chi connectivity index (χ3v) is 2.80. The highest BCUT2D eigenvalue weighted by molar-refractivity contribution is 8.14. The third kappa shape index (κ3) is 7.14. The largest absolute Gasteiger partial charge is 0.303 e. The second-order valence-corrected chi connectivity index (χ2v) is 5.59. The Morgan fingerprint density at radius 3 is 2.33 bits per heavy atom. The lowest BCUT2D eigenvalue weighted by molar-refractivity contribution is -0.109. The summed E-state index contributed by atoms with van der Waals surface area (Å²) in [4.78, 5) is 21.6. The van der Waals surface area contributed by atoms with Crippen LogP contribution in [0.25, 0.3) is 0 Å². The number of allylic oxidation sites excluding steroid dienone is 3. The molecule has 0 spiro atoms. The second-order valence-electron chi connectivity index (χ2n) is 3.88. The summed E-state index contributed by atoms with van der Waals surface area (Å²) in [5.41, 5.74) is 1.19. The number of hydrogen-bond acceptors (Lipinski definition) is 3. The Hall–Kier alpha value is -0.830. The van der Waals surface area contributed by atoms with Gasteiger partial charge in [0.15, 0.2) is 5.12 Å². The number of rotatable bonds is 5. The van der Waals surface area contributed by atoms with Crippen molar-refractivity contribution in [3.05, 3.63) is 23.8 Å². The first kappa shape index (κ1) is 14.2. The van der Waals surface area contributed by atoms with Gasteiger partial charge in [-0.3, -0.25) is 4.79 Å². The first-order chi connectivity index (χ1) is 6.89. The molecule has 84 valence electrons. The molecule has 0 fully saturated rings. The van der Waals surface area contributed by atoms with Gasteiger partial charge in [-0.05, 0) is 20.8 Å². The Morgan fingerprint density at radius 2 is 1.93 bits per heavy atom. The zero-order valence-corrected chi connectivity index (χ0v) is 10.6. The Labute approximate surface area is 95.8 Å². The van der Waals surface area contributed by atoms with Crippen LogP contribution in [0.4, 0.5) is 0 Å². The lowest BCUT2D eigenvalue weighted by atomic mass is 10.1. The van der Waals surface area contributed by atoms with Crippen molar-refractivity contribution in [2.45, 2.75) is 38.9 Å². The van der Waals surface area contributed by atoms with E-state index < -0.39 is 4.75 Å². The summed E-state index contributed by atoms with van der Waals surface area (Å²) in [7, 11) is 0. The lowest BCUT2D eigenvalue weighted by Gasteiger charge is -2.20. The number of aldehydes is 1. The molecule has 0 bridgehead atoms. The molecule has 0 radical (unpaired) electrons. The average molecular weight is 226 g/mol. The predicted octanol–water partition coefficient (Wildman–Crippen LogP) is 3.14. The van der Waals surface area contributed by atoms with Crippen LogP contribution in [0.1, 0.15) is 34.1 Å². The van der Waals surface area contributed by atoms with E-state index in [1.165, 1.54) is 24.3 Å². The molecular weight excluding hydrogens is 208 g/mol. The fourth-order valence-corrected chi connectivity index (χ4v) is 2.04. The quantitative estimate of drug-likeness (QED) is 0.533. The molecule has 15 heavy (non-hydrogen) atoms. The van der Waals surface area contributed by atoms with Crippen LogP contribution >= 0.6 is 11.8 Å². The maximum absolute atomic E-state index is 11.0. The number of carbonyl (C=O) groups excluding carboxylic acids is 2. The molecule has 0 aliphatic heterocycles. The van der Waals surface area contributed by atoms with Crippen LogP contribution in [0.2, 0.25) is 0 Å². The van der Waals surface area contributed by atoms with Crippen LogP contribution in [0.5, 0.6) is 0 Å². The SMILES string of the molecule is CC(=O)SC(C)(C=CC=C(C)C)CC=O. The van der Waals surface area contributed by atoms with Gasteiger partial charge in [0.1, 0.15) is 6.29 Å². The van der Waals surface area contributed by atoms with E-state index in [0.717, 1.165) is 6.29 Å². The number of hydrogen-bond donors (Lipinski definition) is 0. The Balaban J connectivity index is 4.63. The minimum absolute atomic E-state index is 0.0289. The van der Waals surface area contributed by atoms with Gasteiger partial charge in [-0.2, -0.15) is 0 Å². The van der Waals surface area contributed by atoms with Gasteiger partial charge < -0.3 is 4.79 Å². The minimum Gasteiger partial charge on any atom is -0.303 e. The topological polar surface area (TPSA) is 34.1 Å². The highest BCUT2D eigenvalue weighted by Crippen LogP contribution is 2.30.